The second kappa shape index (κ2) is 14.2. The number of carboxylic acid groups (broad SMARTS) is 1. The first-order valence-corrected chi connectivity index (χ1v) is 20.8. The number of esters is 1. The number of ether oxygens (including phenoxy) is 4. The normalized spacial score (nSPS) is 52.3. The Morgan fingerprint density at radius 3 is 2.05 bits per heavy atom. The summed E-state index contributed by atoms with van der Waals surface area (Å²) in [6.45, 7) is 15.5. The molecule has 6 fully saturated rings. The standard InChI is InChI=1S/C42H66O14/c1-37(2)14-16-42(36(52)56-34-30(48)27(45)26(44)22(19-43)53-34)17-15-40(6)20(21(42)18-37)8-9-24-39(5)12-11-25(38(3,4)23(39)10-13-41(24,40)7)54-35-31(49)28(46)29(47)32(55-35)33(50)51/h8,21-32,34-35,43-49H,9-19H2,1-7H3,(H,50,51)/t21-,22+,23?,24?,25-,26+,27-,28-,29-,30+,31+,32-,34-,35+,39-,40+,41+,42-/m0/s1. The number of carbonyl (C=O) groups is 2. The van der Waals surface area contributed by atoms with Crippen LogP contribution in [0.15, 0.2) is 11.6 Å². The number of rotatable bonds is 6. The van der Waals surface area contributed by atoms with Gasteiger partial charge in [0.05, 0.1) is 18.1 Å². The summed E-state index contributed by atoms with van der Waals surface area (Å²) >= 11 is 0. The van der Waals surface area contributed by atoms with Gasteiger partial charge in [-0.2, -0.15) is 0 Å². The lowest BCUT2D eigenvalue weighted by atomic mass is 9.33. The second-order valence-corrected chi connectivity index (χ2v) is 20.7. The Morgan fingerprint density at radius 1 is 0.750 bits per heavy atom. The minimum Gasteiger partial charge on any atom is -0.479 e. The van der Waals surface area contributed by atoms with E-state index in [1.807, 2.05) is 0 Å². The predicted octanol–water partition coefficient (Wildman–Crippen LogP) is 2.41. The molecule has 7 aliphatic rings. The van der Waals surface area contributed by atoms with E-state index in [0.717, 1.165) is 44.9 Å². The van der Waals surface area contributed by atoms with E-state index in [1.54, 1.807) is 0 Å². The van der Waals surface area contributed by atoms with E-state index in [-0.39, 0.29) is 33.5 Å². The molecule has 18 atom stereocenters. The second-order valence-electron chi connectivity index (χ2n) is 20.7. The van der Waals surface area contributed by atoms with Gasteiger partial charge in [0, 0.05) is 0 Å². The van der Waals surface area contributed by atoms with Crippen LogP contribution in [0.4, 0.5) is 0 Å². The molecule has 0 spiro atoms. The lowest BCUT2D eigenvalue weighted by molar-refractivity contribution is -0.324. The zero-order chi connectivity index (χ0) is 41.1. The van der Waals surface area contributed by atoms with Gasteiger partial charge in [-0.05, 0) is 109 Å². The van der Waals surface area contributed by atoms with E-state index in [9.17, 15) is 50.4 Å². The SMILES string of the molecule is CC1(C)CC[C@]2(C(=O)O[C@@H]3O[C@H](CO)[C@@H](O)[C@H](O)[C@H]3O)CC[C@]3(C)C(=CCC4[C@@]5(C)CC[C@H](O[C@@H]6O[C@H](C(=O)O)[C@@H](O)[C@H](O)[C@H]6O)C(C)(C)C5CC[C@]43C)[C@@H]2C1. The molecule has 0 aromatic carbocycles. The molecule has 7 rings (SSSR count). The number of hydrogen-bond donors (Lipinski definition) is 8. The molecule has 0 radical (unpaired) electrons. The minimum atomic E-state index is -1.79. The fourth-order valence-corrected chi connectivity index (χ4v) is 13.5. The van der Waals surface area contributed by atoms with Crippen LogP contribution in [0.25, 0.3) is 0 Å². The third-order valence-electron chi connectivity index (χ3n) is 17.2. The van der Waals surface area contributed by atoms with Gasteiger partial charge in [0.25, 0.3) is 0 Å². The zero-order valence-corrected chi connectivity index (χ0v) is 34.0. The Labute approximate surface area is 329 Å². The van der Waals surface area contributed by atoms with Crippen molar-refractivity contribution in [2.45, 2.75) is 180 Å². The highest BCUT2D eigenvalue weighted by atomic mass is 16.7. The summed E-state index contributed by atoms with van der Waals surface area (Å²) in [5.41, 5.74) is -0.448. The van der Waals surface area contributed by atoms with Crippen LogP contribution in [0, 0.1) is 50.2 Å². The summed E-state index contributed by atoms with van der Waals surface area (Å²) in [7, 11) is 0. The molecule has 14 heteroatoms. The Hall–Kier alpha value is -1.72. The molecule has 5 aliphatic carbocycles. The van der Waals surface area contributed by atoms with Crippen LogP contribution in [0.5, 0.6) is 0 Å². The summed E-state index contributed by atoms with van der Waals surface area (Å²) in [5, 5.41) is 82.4. The van der Waals surface area contributed by atoms with Crippen molar-refractivity contribution in [2.24, 2.45) is 50.2 Å². The van der Waals surface area contributed by atoms with Gasteiger partial charge >= 0.3 is 11.9 Å². The van der Waals surface area contributed by atoms with E-state index >= 15 is 0 Å². The van der Waals surface area contributed by atoms with Crippen molar-refractivity contribution >= 4 is 11.9 Å². The highest BCUT2D eigenvalue weighted by Crippen LogP contribution is 2.76. The van der Waals surface area contributed by atoms with Crippen LogP contribution in [-0.2, 0) is 28.5 Å². The molecule has 0 bridgehead atoms. The zero-order valence-electron chi connectivity index (χ0n) is 34.0. The van der Waals surface area contributed by atoms with Crippen LogP contribution in [0.3, 0.4) is 0 Å². The van der Waals surface area contributed by atoms with Crippen molar-refractivity contribution in [1.29, 1.82) is 0 Å². The molecular weight excluding hydrogens is 728 g/mol. The predicted molar refractivity (Wildman–Crippen MR) is 198 cm³/mol. The van der Waals surface area contributed by atoms with Gasteiger partial charge in [0.15, 0.2) is 12.4 Å². The van der Waals surface area contributed by atoms with Crippen molar-refractivity contribution in [1.82, 2.24) is 0 Å². The summed E-state index contributed by atoms with van der Waals surface area (Å²) in [6.07, 6.45) is -6.14. The molecule has 4 saturated carbocycles. The molecule has 14 nitrogen and oxygen atoms in total. The fourth-order valence-electron chi connectivity index (χ4n) is 13.5. The highest BCUT2D eigenvalue weighted by Gasteiger charge is 2.70. The maximum Gasteiger partial charge on any atom is 0.335 e. The lowest BCUT2D eigenvalue weighted by Gasteiger charge is -2.71. The maximum atomic E-state index is 14.6. The number of hydrogen-bond acceptors (Lipinski definition) is 13. The molecule has 8 N–H and O–H groups in total. The molecule has 2 aliphatic heterocycles. The van der Waals surface area contributed by atoms with Gasteiger partial charge < -0.3 is 59.8 Å². The summed E-state index contributed by atoms with van der Waals surface area (Å²) in [4.78, 5) is 26.4. The maximum absolute atomic E-state index is 14.6. The highest BCUT2D eigenvalue weighted by molar-refractivity contribution is 5.79. The summed E-state index contributed by atoms with van der Waals surface area (Å²) in [6, 6.07) is 0. The van der Waals surface area contributed by atoms with Crippen LogP contribution < -0.4 is 0 Å². The average molecular weight is 795 g/mol. The minimum absolute atomic E-state index is 0.0330. The molecule has 318 valence electrons. The molecule has 2 unspecified atom stereocenters. The summed E-state index contributed by atoms with van der Waals surface area (Å²) in [5.74, 6) is -1.52. The van der Waals surface area contributed by atoms with E-state index in [4.69, 9.17) is 18.9 Å². The first-order chi connectivity index (χ1) is 26.0. The molecule has 56 heavy (non-hydrogen) atoms. The average Bonchev–Trinajstić information content (AvgIpc) is 3.12. The largest absolute Gasteiger partial charge is 0.479 e. The number of aliphatic carboxylic acids is 1. The number of fused-ring (bicyclic) bond motifs is 7. The Kier molecular flexibility index (Phi) is 10.8. The number of allylic oxidation sites excluding steroid dienone is 2. The number of carbonyl (C=O) groups excluding carboxylic acids is 1. The van der Waals surface area contributed by atoms with Gasteiger partial charge in [-0.1, -0.05) is 60.1 Å². The van der Waals surface area contributed by atoms with Crippen LogP contribution in [-0.4, -0.2) is 127 Å². The van der Waals surface area contributed by atoms with Gasteiger partial charge in [0.1, 0.15) is 42.7 Å². The van der Waals surface area contributed by atoms with Crippen molar-refractivity contribution < 1.29 is 69.4 Å². The molecule has 0 aromatic rings. The Balaban J connectivity index is 1.16. The first kappa shape index (κ1) is 42.4. The monoisotopic (exact) mass is 794 g/mol. The third-order valence-corrected chi connectivity index (χ3v) is 17.2. The van der Waals surface area contributed by atoms with Gasteiger partial charge in [-0.25, -0.2) is 4.79 Å². The third kappa shape index (κ3) is 6.17. The van der Waals surface area contributed by atoms with Gasteiger partial charge in [-0.3, -0.25) is 4.79 Å². The molecule has 0 aromatic heterocycles. The van der Waals surface area contributed by atoms with Crippen molar-refractivity contribution in [3.05, 3.63) is 11.6 Å². The van der Waals surface area contributed by atoms with Crippen molar-refractivity contribution in [3.63, 3.8) is 0 Å². The molecule has 0 amide bonds. The fraction of sp³-hybridized carbons (Fsp3) is 0.905. The van der Waals surface area contributed by atoms with Gasteiger partial charge in [0.2, 0.25) is 6.29 Å². The van der Waals surface area contributed by atoms with Gasteiger partial charge in [-0.15, -0.1) is 0 Å². The van der Waals surface area contributed by atoms with E-state index in [0.29, 0.717) is 25.2 Å². The smallest absolute Gasteiger partial charge is 0.335 e. The van der Waals surface area contributed by atoms with E-state index in [1.165, 1.54) is 5.57 Å². The van der Waals surface area contributed by atoms with E-state index < -0.39 is 96.9 Å². The topological polar surface area (TPSA) is 233 Å². The molecular formula is C42H66O14. The first-order valence-electron chi connectivity index (χ1n) is 20.8. The lowest BCUT2D eigenvalue weighted by Crippen LogP contribution is -2.66. The van der Waals surface area contributed by atoms with Crippen LogP contribution in [0.1, 0.15) is 113 Å². The molecule has 2 saturated heterocycles. The number of aliphatic hydroxyl groups excluding tert-OH is 7. The van der Waals surface area contributed by atoms with Crippen molar-refractivity contribution in [3.8, 4) is 0 Å². The van der Waals surface area contributed by atoms with Crippen molar-refractivity contribution in [2.75, 3.05) is 6.61 Å². The number of aliphatic hydroxyl groups is 7. The van der Waals surface area contributed by atoms with E-state index in [2.05, 4.69) is 54.5 Å². The van der Waals surface area contributed by atoms with Crippen LogP contribution >= 0.6 is 0 Å². The Morgan fingerprint density at radius 2 is 1.39 bits per heavy atom. The van der Waals surface area contributed by atoms with Crippen LogP contribution in [0.2, 0.25) is 0 Å². The quantitative estimate of drug-likeness (QED) is 0.110. The molecule has 2 heterocycles. The summed E-state index contributed by atoms with van der Waals surface area (Å²) < 4.78 is 23.5. The Bertz CT molecular complexity index is 1560. The number of carboxylic acids is 1.